The average Bonchev–Trinajstić information content (AvgIpc) is 3.22. The van der Waals surface area contributed by atoms with Gasteiger partial charge in [0, 0.05) is 24.5 Å². The Bertz CT molecular complexity index is 515. The summed E-state index contributed by atoms with van der Waals surface area (Å²) in [5.74, 6) is 0.155. The van der Waals surface area contributed by atoms with Crippen LogP contribution in [0, 0.1) is 5.92 Å². The first-order valence-corrected chi connectivity index (χ1v) is 7.05. The standard InChI is InChI=1S/C14H18ClN3O2/c15-10-3-4-12(18-13(19)5-6-16)11(7-10)14(20)17-8-9-1-2-9/h3-4,7,9H,1-2,5-6,8,16H2,(H,17,20)(H,18,19). The van der Waals surface area contributed by atoms with E-state index in [2.05, 4.69) is 10.6 Å². The highest BCUT2D eigenvalue weighted by atomic mass is 35.5. The molecule has 0 spiro atoms. The molecule has 0 radical (unpaired) electrons. The molecule has 4 N–H and O–H groups in total. The molecule has 1 aromatic carbocycles. The van der Waals surface area contributed by atoms with Gasteiger partial charge in [-0.3, -0.25) is 9.59 Å². The van der Waals surface area contributed by atoms with E-state index in [0.717, 1.165) is 12.8 Å². The van der Waals surface area contributed by atoms with Gasteiger partial charge in [0.2, 0.25) is 5.91 Å². The van der Waals surface area contributed by atoms with Crippen molar-refractivity contribution >= 4 is 29.1 Å². The highest BCUT2D eigenvalue weighted by Gasteiger charge is 2.22. The van der Waals surface area contributed by atoms with Crippen molar-refractivity contribution in [2.45, 2.75) is 19.3 Å². The van der Waals surface area contributed by atoms with Crippen LogP contribution in [0.3, 0.4) is 0 Å². The van der Waals surface area contributed by atoms with E-state index >= 15 is 0 Å². The van der Waals surface area contributed by atoms with Crippen molar-refractivity contribution in [3.05, 3.63) is 28.8 Å². The molecule has 0 saturated heterocycles. The van der Waals surface area contributed by atoms with E-state index in [-0.39, 0.29) is 24.8 Å². The number of hydrogen-bond donors (Lipinski definition) is 3. The van der Waals surface area contributed by atoms with E-state index in [4.69, 9.17) is 17.3 Å². The molecule has 0 atom stereocenters. The summed E-state index contributed by atoms with van der Waals surface area (Å²) in [6, 6.07) is 4.82. The molecule has 0 heterocycles. The minimum atomic E-state index is -0.220. The van der Waals surface area contributed by atoms with Crippen LogP contribution in [0.1, 0.15) is 29.6 Å². The number of benzene rings is 1. The maximum atomic E-state index is 12.1. The summed E-state index contributed by atoms with van der Waals surface area (Å²) in [6.07, 6.45) is 2.54. The molecular formula is C14H18ClN3O2. The third kappa shape index (κ3) is 4.21. The second-order valence-electron chi connectivity index (χ2n) is 4.93. The normalized spacial score (nSPS) is 13.9. The molecule has 0 bridgehead atoms. The van der Waals surface area contributed by atoms with Crippen molar-refractivity contribution in [1.82, 2.24) is 5.32 Å². The number of nitrogens with two attached hydrogens (primary N) is 1. The number of halogens is 1. The Labute approximate surface area is 122 Å². The molecule has 1 fully saturated rings. The maximum absolute atomic E-state index is 12.1. The Morgan fingerprint density at radius 3 is 2.75 bits per heavy atom. The molecule has 108 valence electrons. The average molecular weight is 296 g/mol. The van der Waals surface area contributed by atoms with Gasteiger partial charge < -0.3 is 16.4 Å². The molecule has 20 heavy (non-hydrogen) atoms. The molecular weight excluding hydrogens is 278 g/mol. The van der Waals surface area contributed by atoms with Crippen LogP contribution in [-0.4, -0.2) is 24.9 Å². The van der Waals surface area contributed by atoms with Crippen LogP contribution < -0.4 is 16.4 Å². The number of nitrogens with one attached hydrogen (secondary N) is 2. The Balaban J connectivity index is 2.09. The van der Waals surface area contributed by atoms with E-state index in [9.17, 15) is 9.59 Å². The quantitative estimate of drug-likeness (QED) is 0.748. The van der Waals surface area contributed by atoms with Crippen LogP contribution in [0.2, 0.25) is 5.02 Å². The van der Waals surface area contributed by atoms with Crippen LogP contribution in [0.15, 0.2) is 18.2 Å². The summed E-state index contributed by atoms with van der Waals surface area (Å²) in [6.45, 7) is 0.935. The Morgan fingerprint density at radius 1 is 1.35 bits per heavy atom. The number of hydrogen-bond acceptors (Lipinski definition) is 3. The number of anilines is 1. The zero-order valence-corrected chi connectivity index (χ0v) is 11.9. The molecule has 0 aliphatic heterocycles. The monoisotopic (exact) mass is 295 g/mol. The van der Waals surface area contributed by atoms with Gasteiger partial charge >= 0.3 is 0 Å². The minimum Gasteiger partial charge on any atom is -0.352 e. The van der Waals surface area contributed by atoms with E-state index in [1.165, 1.54) is 0 Å². The summed E-state index contributed by atoms with van der Waals surface area (Å²) >= 11 is 5.92. The second-order valence-corrected chi connectivity index (χ2v) is 5.37. The van der Waals surface area contributed by atoms with Crippen molar-refractivity contribution in [1.29, 1.82) is 0 Å². The van der Waals surface area contributed by atoms with E-state index < -0.39 is 0 Å². The number of carbonyl (C=O) groups is 2. The largest absolute Gasteiger partial charge is 0.352 e. The second kappa shape index (κ2) is 6.72. The predicted octanol–water partition coefficient (Wildman–Crippen LogP) is 1.77. The summed E-state index contributed by atoms with van der Waals surface area (Å²) in [4.78, 5) is 23.7. The van der Waals surface area contributed by atoms with Crippen LogP contribution in [-0.2, 0) is 4.79 Å². The third-order valence-electron chi connectivity index (χ3n) is 3.12. The van der Waals surface area contributed by atoms with Gasteiger partial charge in [-0.1, -0.05) is 11.6 Å². The molecule has 2 rings (SSSR count). The van der Waals surface area contributed by atoms with Gasteiger partial charge in [0.15, 0.2) is 0 Å². The lowest BCUT2D eigenvalue weighted by Crippen LogP contribution is -2.27. The van der Waals surface area contributed by atoms with Gasteiger partial charge in [0.1, 0.15) is 0 Å². The Hall–Kier alpha value is -1.59. The zero-order valence-electron chi connectivity index (χ0n) is 11.1. The van der Waals surface area contributed by atoms with Gasteiger partial charge in [-0.2, -0.15) is 0 Å². The summed E-state index contributed by atoms with van der Waals surface area (Å²) in [5, 5.41) is 6.00. The van der Waals surface area contributed by atoms with Crippen molar-refractivity contribution in [3.63, 3.8) is 0 Å². The van der Waals surface area contributed by atoms with Crippen molar-refractivity contribution in [3.8, 4) is 0 Å². The molecule has 5 nitrogen and oxygen atoms in total. The first-order chi connectivity index (χ1) is 9.60. The predicted molar refractivity (Wildman–Crippen MR) is 78.8 cm³/mol. The summed E-state index contributed by atoms with van der Waals surface area (Å²) in [5.41, 5.74) is 6.17. The highest BCUT2D eigenvalue weighted by molar-refractivity contribution is 6.31. The van der Waals surface area contributed by atoms with Crippen LogP contribution in [0.25, 0.3) is 0 Å². The van der Waals surface area contributed by atoms with Gasteiger partial charge in [-0.15, -0.1) is 0 Å². The Morgan fingerprint density at radius 2 is 2.10 bits per heavy atom. The number of carbonyl (C=O) groups excluding carboxylic acids is 2. The molecule has 1 saturated carbocycles. The summed E-state index contributed by atoms with van der Waals surface area (Å²) < 4.78 is 0. The lowest BCUT2D eigenvalue weighted by atomic mass is 10.1. The van der Waals surface area contributed by atoms with Crippen molar-refractivity contribution < 1.29 is 9.59 Å². The van der Waals surface area contributed by atoms with Crippen molar-refractivity contribution in [2.75, 3.05) is 18.4 Å². The van der Waals surface area contributed by atoms with E-state index in [1.807, 2.05) is 0 Å². The topological polar surface area (TPSA) is 84.2 Å². The molecule has 0 aromatic heterocycles. The van der Waals surface area contributed by atoms with E-state index in [1.54, 1.807) is 18.2 Å². The molecule has 0 unspecified atom stereocenters. The fraction of sp³-hybridized carbons (Fsp3) is 0.429. The first kappa shape index (κ1) is 14.8. The highest BCUT2D eigenvalue weighted by Crippen LogP contribution is 2.28. The van der Waals surface area contributed by atoms with Crippen LogP contribution in [0.4, 0.5) is 5.69 Å². The molecule has 2 amide bonds. The zero-order chi connectivity index (χ0) is 14.5. The van der Waals surface area contributed by atoms with Crippen LogP contribution in [0.5, 0.6) is 0 Å². The van der Waals surface area contributed by atoms with E-state index in [0.29, 0.717) is 28.7 Å². The third-order valence-corrected chi connectivity index (χ3v) is 3.36. The molecule has 6 heteroatoms. The van der Waals surface area contributed by atoms with Gasteiger partial charge in [-0.05, 0) is 37.0 Å². The first-order valence-electron chi connectivity index (χ1n) is 6.68. The minimum absolute atomic E-state index is 0.214. The van der Waals surface area contributed by atoms with Crippen LogP contribution >= 0.6 is 11.6 Å². The van der Waals surface area contributed by atoms with Gasteiger partial charge in [0.05, 0.1) is 11.3 Å². The molecule has 1 aliphatic carbocycles. The smallest absolute Gasteiger partial charge is 0.253 e. The van der Waals surface area contributed by atoms with Gasteiger partial charge in [-0.25, -0.2) is 0 Å². The fourth-order valence-electron chi connectivity index (χ4n) is 1.81. The number of amides is 2. The summed E-state index contributed by atoms with van der Waals surface area (Å²) in [7, 11) is 0. The Kier molecular flexibility index (Phi) is 4.98. The molecule has 1 aliphatic rings. The molecule has 1 aromatic rings. The van der Waals surface area contributed by atoms with Crippen molar-refractivity contribution in [2.24, 2.45) is 11.7 Å². The fourth-order valence-corrected chi connectivity index (χ4v) is 1.98. The lowest BCUT2D eigenvalue weighted by molar-refractivity contribution is -0.116. The van der Waals surface area contributed by atoms with Gasteiger partial charge in [0.25, 0.3) is 5.91 Å². The maximum Gasteiger partial charge on any atom is 0.253 e. The number of rotatable bonds is 6. The SMILES string of the molecule is NCCC(=O)Nc1ccc(Cl)cc1C(=O)NCC1CC1. The lowest BCUT2D eigenvalue weighted by Gasteiger charge is -2.11.